The molecule has 0 amide bonds. The fraction of sp³-hybridized carbons (Fsp3) is 0. The molecule has 0 atom stereocenters. The van der Waals surface area contributed by atoms with Crippen LogP contribution in [0.25, 0.3) is 45.0 Å². The molecular weight excluding hydrogens is 350 g/mol. The van der Waals surface area contributed by atoms with Gasteiger partial charge in [-0.15, -0.1) is 0 Å². The maximum Gasteiger partial charge on any atom is 0.349 e. The molecule has 28 heavy (non-hydrogen) atoms. The van der Waals surface area contributed by atoms with E-state index in [4.69, 9.17) is 8.83 Å². The zero-order chi connectivity index (χ0) is 18.9. The number of para-hydroxylation sites is 1. The first-order valence-corrected chi connectivity index (χ1v) is 8.94. The van der Waals surface area contributed by atoms with Crippen molar-refractivity contribution in [2.45, 2.75) is 0 Å². The molecule has 3 aromatic carbocycles. The third-order valence-electron chi connectivity index (χ3n) is 4.58. The molecule has 2 aromatic heterocycles. The summed E-state index contributed by atoms with van der Waals surface area (Å²) in [5.74, 6) is 0.867. The van der Waals surface area contributed by atoms with Gasteiger partial charge in [0.2, 0.25) is 5.89 Å². The number of nitrogens with zero attached hydrogens (tertiary/aromatic N) is 1. The first-order valence-electron chi connectivity index (χ1n) is 8.94. The summed E-state index contributed by atoms with van der Waals surface area (Å²) in [6.45, 7) is 0. The van der Waals surface area contributed by atoms with Crippen molar-refractivity contribution in [3.8, 4) is 34.0 Å². The minimum atomic E-state index is -0.473. The van der Waals surface area contributed by atoms with Gasteiger partial charge in [-0.25, -0.2) is 9.78 Å². The number of hydrogen-bond donors (Lipinski definition) is 0. The lowest BCUT2D eigenvalue weighted by atomic mass is 10.1. The molecule has 0 fully saturated rings. The van der Waals surface area contributed by atoms with Crippen molar-refractivity contribution >= 4 is 11.0 Å². The first kappa shape index (κ1) is 16.3. The Balaban J connectivity index is 1.75. The molecule has 2 heterocycles. The van der Waals surface area contributed by atoms with E-state index in [0.29, 0.717) is 22.6 Å². The van der Waals surface area contributed by atoms with Gasteiger partial charge in [0, 0.05) is 16.5 Å². The standard InChI is InChI=1S/C24H15NO3/c26-24-19(15-18-13-7-8-14-20(18)27-24)23-25-21(16-9-3-1-4-10-16)22(28-23)17-11-5-2-6-12-17/h1-15H. The summed E-state index contributed by atoms with van der Waals surface area (Å²) >= 11 is 0. The zero-order valence-corrected chi connectivity index (χ0v) is 14.8. The van der Waals surface area contributed by atoms with Gasteiger partial charge in [0.15, 0.2) is 5.76 Å². The van der Waals surface area contributed by atoms with E-state index in [9.17, 15) is 4.79 Å². The Labute approximate surface area is 160 Å². The van der Waals surface area contributed by atoms with Crippen molar-refractivity contribution in [3.05, 3.63) is 101 Å². The minimum absolute atomic E-state index is 0.247. The lowest BCUT2D eigenvalue weighted by Crippen LogP contribution is -2.02. The summed E-state index contributed by atoms with van der Waals surface area (Å²) in [5, 5.41) is 0.817. The Hall–Kier alpha value is -3.92. The summed E-state index contributed by atoms with van der Waals surface area (Å²) in [5.41, 5.74) is 2.87. The van der Waals surface area contributed by atoms with Crippen LogP contribution in [0, 0.1) is 0 Å². The Morgan fingerprint density at radius 1 is 0.679 bits per heavy atom. The number of fused-ring (bicyclic) bond motifs is 1. The van der Waals surface area contributed by atoms with Crippen molar-refractivity contribution < 1.29 is 8.83 Å². The van der Waals surface area contributed by atoms with E-state index in [1.165, 1.54) is 0 Å². The van der Waals surface area contributed by atoms with Crippen LogP contribution in [0.2, 0.25) is 0 Å². The van der Waals surface area contributed by atoms with Crippen molar-refractivity contribution in [2.24, 2.45) is 0 Å². The highest BCUT2D eigenvalue weighted by molar-refractivity contribution is 5.82. The first-order chi connectivity index (χ1) is 13.8. The highest BCUT2D eigenvalue weighted by Gasteiger charge is 2.20. The van der Waals surface area contributed by atoms with Crippen LogP contribution in [0.5, 0.6) is 0 Å². The lowest BCUT2D eigenvalue weighted by molar-refractivity contribution is 0.548. The van der Waals surface area contributed by atoms with Gasteiger partial charge in [-0.3, -0.25) is 0 Å². The smallest absolute Gasteiger partial charge is 0.349 e. The second kappa shape index (κ2) is 6.67. The molecule has 0 spiro atoms. The summed E-state index contributed by atoms with van der Waals surface area (Å²) in [6, 6.07) is 28.7. The van der Waals surface area contributed by atoms with E-state index >= 15 is 0 Å². The van der Waals surface area contributed by atoms with Gasteiger partial charge in [-0.05, 0) is 12.1 Å². The highest BCUT2D eigenvalue weighted by atomic mass is 16.4. The van der Waals surface area contributed by atoms with E-state index in [0.717, 1.165) is 16.5 Å². The van der Waals surface area contributed by atoms with Crippen molar-refractivity contribution in [1.82, 2.24) is 4.98 Å². The van der Waals surface area contributed by atoms with E-state index < -0.39 is 5.63 Å². The van der Waals surface area contributed by atoms with Crippen LogP contribution in [0.3, 0.4) is 0 Å². The number of aromatic nitrogens is 1. The largest absolute Gasteiger partial charge is 0.435 e. The number of rotatable bonds is 3. The van der Waals surface area contributed by atoms with Gasteiger partial charge in [0.25, 0.3) is 0 Å². The van der Waals surface area contributed by atoms with Gasteiger partial charge >= 0.3 is 5.63 Å². The third-order valence-corrected chi connectivity index (χ3v) is 4.58. The second-order valence-corrected chi connectivity index (χ2v) is 6.41. The average molecular weight is 365 g/mol. The predicted molar refractivity (Wildman–Crippen MR) is 109 cm³/mol. The number of hydrogen-bond acceptors (Lipinski definition) is 4. The van der Waals surface area contributed by atoms with Crippen LogP contribution >= 0.6 is 0 Å². The van der Waals surface area contributed by atoms with Gasteiger partial charge in [0.05, 0.1) is 0 Å². The molecular formula is C24H15NO3. The quantitative estimate of drug-likeness (QED) is 0.380. The van der Waals surface area contributed by atoms with Gasteiger partial charge < -0.3 is 8.83 Å². The molecule has 5 aromatic rings. The van der Waals surface area contributed by atoms with Crippen molar-refractivity contribution in [1.29, 1.82) is 0 Å². The molecule has 0 bridgehead atoms. The molecule has 5 rings (SSSR count). The van der Waals surface area contributed by atoms with Gasteiger partial charge in [0.1, 0.15) is 16.8 Å². The zero-order valence-electron chi connectivity index (χ0n) is 14.8. The van der Waals surface area contributed by atoms with E-state index in [1.807, 2.05) is 78.9 Å². The fourth-order valence-electron chi connectivity index (χ4n) is 3.22. The van der Waals surface area contributed by atoms with Crippen LogP contribution in [-0.2, 0) is 0 Å². The maximum atomic E-state index is 12.6. The van der Waals surface area contributed by atoms with E-state index in [-0.39, 0.29) is 5.89 Å². The van der Waals surface area contributed by atoms with Crippen molar-refractivity contribution in [2.75, 3.05) is 0 Å². The molecule has 0 saturated carbocycles. The molecule has 0 unspecified atom stereocenters. The fourth-order valence-corrected chi connectivity index (χ4v) is 3.22. The lowest BCUT2D eigenvalue weighted by Gasteiger charge is -2.00. The molecule has 0 aliphatic rings. The monoisotopic (exact) mass is 365 g/mol. The molecule has 0 aliphatic carbocycles. The topological polar surface area (TPSA) is 56.2 Å². The Kier molecular flexibility index (Phi) is 3.87. The van der Waals surface area contributed by atoms with Crippen LogP contribution in [0.4, 0.5) is 0 Å². The average Bonchev–Trinajstić information content (AvgIpc) is 3.20. The number of oxazole rings is 1. The summed E-state index contributed by atoms with van der Waals surface area (Å²) < 4.78 is 11.6. The molecule has 0 N–H and O–H groups in total. The normalized spacial score (nSPS) is 11.0. The third kappa shape index (κ3) is 2.81. The van der Waals surface area contributed by atoms with Crippen LogP contribution in [0.1, 0.15) is 0 Å². The maximum absolute atomic E-state index is 12.6. The van der Waals surface area contributed by atoms with Crippen LogP contribution < -0.4 is 5.63 Å². The van der Waals surface area contributed by atoms with Crippen molar-refractivity contribution in [3.63, 3.8) is 0 Å². The molecule has 4 nitrogen and oxygen atoms in total. The second-order valence-electron chi connectivity index (χ2n) is 6.41. The van der Waals surface area contributed by atoms with Crippen LogP contribution in [-0.4, -0.2) is 4.98 Å². The van der Waals surface area contributed by atoms with Gasteiger partial charge in [-0.1, -0.05) is 78.9 Å². The Bertz CT molecular complexity index is 1260. The van der Waals surface area contributed by atoms with Gasteiger partial charge in [-0.2, -0.15) is 0 Å². The van der Waals surface area contributed by atoms with E-state index in [1.54, 1.807) is 12.1 Å². The predicted octanol–water partition coefficient (Wildman–Crippen LogP) is 5.78. The van der Waals surface area contributed by atoms with E-state index in [2.05, 4.69) is 4.98 Å². The highest BCUT2D eigenvalue weighted by Crippen LogP contribution is 2.35. The van der Waals surface area contributed by atoms with Crippen LogP contribution in [0.15, 0.2) is 105 Å². The molecule has 0 aliphatic heterocycles. The SMILES string of the molecule is O=c1oc2ccccc2cc1-c1nc(-c2ccccc2)c(-c2ccccc2)o1. The summed E-state index contributed by atoms with van der Waals surface area (Å²) in [7, 11) is 0. The molecule has 0 saturated heterocycles. The summed E-state index contributed by atoms with van der Waals surface area (Å²) in [4.78, 5) is 17.2. The molecule has 134 valence electrons. The molecule has 0 radical (unpaired) electrons. The summed E-state index contributed by atoms with van der Waals surface area (Å²) in [6.07, 6.45) is 0. The Morgan fingerprint density at radius 2 is 1.32 bits per heavy atom. The minimum Gasteiger partial charge on any atom is -0.435 e. The Morgan fingerprint density at radius 3 is 2.07 bits per heavy atom. The number of benzene rings is 3. The molecule has 4 heteroatoms.